The summed E-state index contributed by atoms with van der Waals surface area (Å²) in [6.07, 6.45) is 2.02. The average Bonchev–Trinajstić information content (AvgIpc) is 2.48. The Balaban J connectivity index is 0.00000576. The van der Waals surface area contributed by atoms with Crippen LogP contribution in [0.3, 0.4) is 0 Å². The van der Waals surface area contributed by atoms with Crippen molar-refractivity contribution in [3.63, 3.8) is 0 Å². The zero-order chi connectivity index (χ0) is 18.2. The maximum absolute atomic E-state index is 13.4. The molecule has 0 saturated carbocycles. The van der Waals surface area contributed by atoms with E-state index >= 15 is 0 Å². The molecule has 144 valence electrons. The second-order valence-electron chi connectivity index (χ2n) is 7.03. The van der Waals surface area contributed by atoms with E-state index in [1.54, 1.807) is 24.9 Å². The first kappa shape index (κ1) is 24.5. The fourth-order valence-electron chi connectivity index (χ4n) is 2.69. The van der Waals surface area contributed by atoms with Gasteiger partial charge in [0.1, 0.15) is 5.82 Å². The van der Waals surface area contributed by atoms with Gasteiger partial charge >= 0.3 is 0 Å². The predicted molar refractivity (Wildman–Crippen MR) is 120 cm³/mol. The first-order valence-electron chi connectivity index (χ1n) is 8.13. The summed E-state index contributed by atoms with van der Waals surface area (Å²) in [5.74, 6) is 1.38. The molecule has 0 amide bonds. The SMILES string of the molecule is CN=C(NCc1ccc(F)cc1CSC)NCC(C)(C)CN(C)C.I. The number of nitrogens with zero attached hydrogens (tertiary/aromatic N) is 2. The van der Waals surface area contributed by atoms with E-state index < -0.39 is 0 Å². The third-order valence-corrected chi connectivity index (χ3v) is 4.22. The number of hydrogen-bond donors (Lipinski definition) is 2. The van der Waals surface area contributed by atoms with Crippen molar-refractivity contribution in [2.75, 3.05) is 40.5 Å². The van der Waals surface area contributed by atoms with Crippen molar-refractivity contribution in [2.45, 2.75) is 26.1 Å². The minimum absolute atomic E-state index is 0. The number of hydrogen-bond acceptors (Lipinski definition) is 3. The van der Waals surface area contributed by atoms with E-state index in [1.165, 1.54) is 6.07 Å². The number of nitrogens with one attached hydrogen (secondary N) is 2. The number of thioether (sulfide) groups is 1. The predicted octanol–water partition coefficient (Wildman–Crippen LogP) is 3.56. The highest BCUT2D eigenvalue weighted by Crippen LogP contribution is 2.17. The summed E-state index contributed by atoms with van der Waals surface area (Å²) in [6, 6.07) is 4.97. The minimum atomic E-state index is -0.184. The molecule has 0 saturated heterocycles. The summed E-state index contributed by atoms with van der Waals surface area (Å²) in [4.78, 5) is 6.47. The first-order valence-corrected chi connectivity index (χ1v) is 9.52. The molecule has 25 heavy (non-hydrogen) atoms. The quantitative estimate of drug-likeness (QED) is 0.338. The van der Waals surface area contributed by atoms with E-state index in [2.05, 4.69) is 48.5 Å². The summed E-state index contributed by atoms with van der Waals surface area (Å²) in [5.41, 5.74) is 2.26. The smallest absolute Gasteiger partial charge is 0.191 e. The zero-order valence-corrected chi connectivity index (χ0v) is 19.3. The molecule has 0 aliphatic heterocycles. The fourth-order valence-corrected chi connectivity index (χ4v) is 3.27. The van der Waals surface area contributed by atoms with Crippen molar-refractivity contribution >= 4 is 41.7 Å². The van der Waals surface area contributed by atoms with Gasteiger partial charge in [0.2, 0.25) is 0 Å². The van der Waals surface area contributed by atoms with Gasteiger partial charge in [-0.15, -0.1) is 24.0 Å². The van der Waals surface area contributed by atoms with Gasteiger partial charge < -0.3 is 15.5 Å². The summed E-state index contributed by atoms with van der Waals surface area (Å²) >= 11 is 1.69. The lowest BCUT2D eigenvalue weighted by Crippen LogP contribution is -2.44. The Kier molecular flexibility index (Phi) is 11.7. The Morgan fingerprint density at radius 2 is 1.92 bits per heavy atom. The molecule has 0 atom stereocenters. The fraction of sp³-hybridized carbons (Fsp3) is 0.611. The van der Waals surface area contributed by atoms with Crippen LogP contribution in [0.15, 0.2) is 23.2 Å². The summed E-state index contributed by atoms with van der Waals surface area (Å²) in [6.45, 7) is 6.90. The van der Waals surface area contributed by atoms with Gasteiger partial charge in [-0.1, -0.05) is 19.9 Å². The number of guanidine groups is 1. The largest absolute Gasteiger partial charge is 0.356 e. The van der Waals surface area contributed by atoms with Crippen molar-refractivity contribution in [3.05, 3.63) is 35.1 Å². The second-order valence-corrected chi connectivity index (χ2v) is 7.89. The summed E-state index contributed by atoms with van der Waals surface area (Å²) in [7, 11) is 5.93. The van der Waals surface area contributed by atoms with Gasteiger partial charge in [0.05, 0.1) is 0 Å². The van der Waals surface area contributed by atoms with Gasteiger partial charge in [0.25, 0.3) is 0 Å². The molecule has 1 rings (SSSR count). The lowest BCUT2D eigenvalue weighted by molar-refractivity contribution is 0.241. The average molecular weight is 482 g/mol. The van der Waals surface area contributed by atoms with Crippen LogP contribution in [0.2, 0.25) is 0 Å². The van der Waals surface area contributed by atoms with Crippen molar-refractivity contribution < 1.29 is 4.39 Å². The van der Waals surface area contributed by atoms with Crippen molar-refractivity contribution in [1.82, 2.24) is 15.5 Å². The molecule has 0 heterocycles. The van der Waals surface area contributed by atoms with Gasteiger partial charge in [-0.2, -0.15) is 11.8 Å². The van der Waals surface area contributed by atoms with Crippen LogP contribution in [0.4, 0.5) is 4.39 Å². The monoisotopic (exact) mass is 482 g/mol. The molecule has 0 spiro atoms. The van der Waals surface area contributed by atoms with Gasteiger partial charge in [0.15, 0.2) is 5.96 Å². The Bertz CT molecular complexity index is 550. The molecule has 0 aliphatic carbocycles. The van der Waals surface area contributed by atoms with Crippen molar-refractivity contribution in [2.24, 2.45) is 10.4 Å². The van der Waals surface area contributed by atoms with Gasteiger partial charge in [0, 0.05) is 32.4 Å². The van der Waals surface area contributed by atoms with E-state index in [0.29, 0.717) is 6.54 Å². The molecule has 0 fully saturated rings. The molecule has 4 nitrogen and oxygen atoms in total. The number of aliphatic imine (C=N–C) groups is 1. The third-order valence-electron chi connectivity index (χ3n) is 3.62. The molecule has 7 heteroatoms. The molecule has 0 bridgehead atoms. The molecule has 0 aromatic heterocycles. The minimum Gasteiger partial charge on any atom is -0.356 e. The van der Waals surface area contributed by atoms with Crippen LogP contribution in [0, 0.1) is 11.2 Å². The van der Waals surface area contributed by atoms with Crippen LogP contribution in [-0.2, 0) is 12.3 Å². The van der Waals surface area contributed by atoms with Crippen LogP contribution in [0.5, 0.6) is 0 Å². The van der Waals surface area contributed by atoms with Gasteiger partial charge in [-0.3, -0.25) is 4.99 Å². The maximum atomic E-state index is 13.4. The highest BCUT2D eigenvalue weighted by Gasteiger charge is 2.19. The zero-order valence-electron chi connectivity index (χ0n) is 16.1. The van der Waals surface area contributed by atoms with Gasteiger partial charge in [-0.25, -0.2) is 4.39 Å². The first-order chi connectivity index (χ1) is 11.3. The van der Waals surface area contributed by atoms with Crippen LogP contribution in [-0.4, -0.2) is 51.3 Å². The topological polar surface area (TPSA) is 39.7 Å². The van der Waals surface area contributed by atoms with Crippen LogP contribution in [0.1, 0.15) is 25.0 Å². The number of rotatable bonds is 8. The summed E-state index contributed by atoms with van der Waals surface area (Å²) < 4.78 is 13.4. The lowest BCUT2D eigenvalue weighted by atomic mass is 9.93. The van der Waals surface area contributed by atoms with E-state index in [9.17, 15) is 4.39 Å². The Hall–Kier alpha value is -0.540. The molecule has 2 N–H and O–H groups in total. The van der Waals surface area contributed by atoms with Crippen LogP contribution in [0.25, 0.3) is 0 Å². The van der Waals surface area contributed by atoms with E-state index in [4.69, 9.17) is 0 Å². The normalized spacial score (nSPS) is 12.1. The molecule has 1 aromatic rings. The van der Waals surface area contributed by atoms with Crippen molar-refractivity contribution in [1.29, 1.82) is 0 Å². The van der Waals surface area contributed by atoms with E-state index in [0.717, 1.165) is 35.9 Å². The van der Waals surface area contributed by atoms with Gasteiger partial charge in [-0.05, 0) is 49.0 Å². The Morgan fingerprint density at radius 3 is 2.48 bits per heavy atom. The third kappa shape index (κ3) is 9.65. The molecule has 0 radical (unpaired) electrons. The van der Waals surface area contributed by atoms with Crippen LogP contribution >= 0.6 is 35.7 Å². The highest BCUT2D eigenvalue weighted by molar-refractivity contribution is 14.0. The number of benzene rings is 1. The Morgan fingerprint density at radius 1 is 1.24 bits per heavy atom. The van der Waals surface area contributed by atoms with Crippen molar-refractivity contribution in [3.8, 4) is 0 Å². The second kappa shape index (κ2) is 12.0. The molecular weight excluding hydrogens is 450 g/mol. The van der Waals surface area contributed by atoms with E-state index in [1.807, 2.05) is 12.3 Å². The maximum Gasteiger partial charge on any atom is 0.191 e. The Labute approximate surface area is 173 Å². The molecular formula is C18H32FIN4S. The molecule has 1 aromatic carbocycles. The molecule has 0 unspecified atom stereocenters. The standard InChI is InChI=1S/C18H31FN4S.HI/c1-18(2,13-23(4)5)12-22-17(20-3)21-10-14-7-8-16(19)9-15(14)11-24-6;/h7-9H,10-13H2,1-6H3,(H2,20,21,22);1H. The van der Waals surface area contributed by atoms with Crippen LogP contribution < -0.4 is 10.6 Å². The van der Waals surface area contributed by atoms with E-state index in [-0.39, 0.29) is 35.2 Å². The summed E-state index contributed by atoms with van der Waals surface area (Å²) in [5, 5.41) is 6.70. The highest BCUT2D eigenvalue weighted by atomic mass is 127. The number of halogens is 2. The molecule has 0 aliphatic rings. The lowest BCUT2D eigenvalue weighted by Gasteiger charge is -2.29.